The lowest BCUT2D eigenvalue weighted by atomic mass is 9.85. The number of amides is 4. The van der Waals surface area contributed by atoms with E-state index in [0.29, 0.717) is 38.9 Å². The van der Waals surface area contributed by atoms with Crippen LogP contribution in [0.4, 0.5) is 9.93 Å². The van der Waals surface area contributed by atoms with Crippen LogP contribution in [0.5, 0.6) is 11.5 Å². The zero-order valence-electron chi connectivity index (χ0n) is 31.0. The van der Waals surface area contributed by atoms with Crippen LogP contribution in [0, 0.1) is 11.3 Å². The number of likely N-dealkylation sites (tertiary alicyclic amines) is 1. The number of carbonyl (C=O) groups excluding carboxylic acids is 4. The van der Waals surface area contributed by atoms with Gasteiger partial charge in [-0.1, -0.05) is 26.8 Å². The molecular weight excluding hydrogens is 717 g/mol. The van der Waals surface area contributed by atoms with Gasteiger partial charge in [-0.3, -0.25) is 14.4 Å². The minimum absolute atomic E-state index is 0.0219. The average Bonchev–Trinajstić information content (AvgIpc) is 3.53. The Hall–Kier alpha value is -5.25. The second-order valence-corrected chi connectivity index (χ2v) is 16.0. The van der Waals surface area contributed by atoms with Gasteiger partial charge in [0.2, 0.25) is 17.7 Å². The highest BCUT2D eigenvalue weighted by Crippen LogP contribution is 2.45. The third-order valence-electron chi connectivity index (χ3n) is 10.1. The highest BCUT2D eigenvalue weighted by Gasteiger charge is 2.61. The molecule has 54 heavy (non-hydrogen) atoms. The predicted octanol–water partition coefficient (Wildman–Crippen LogP) is 4.90. The first-order chi connectivity index (χ1) is 25.6. The van der Waals surface area contributed by atoms with E-state index in [9.17, 15) is 29.1 Å². The Balaban J connectivity index is 1.33. The summed E-state index contributed by atoms with van der Waals surface area (Å²) in [5, 5.41) is 21.0. The van der Waals surface area contributed by atoms with E-state index in [4.69, 9.17) is 19.2 Å². The quantitative estimate of drug-likeness (QED) is 0.183. The number of aromatic nitrogens is 2. The van der Waals surface area contributed by atoms with Crippen molar-refractivity contribution in [2.75, 3.05) is 19.0 Å². The van der Waals surface area contributed by atoms with Crippen molar-refractivity contribution in [2.45, 2.75) is 96.1 Å². The molecule has 3 fully saturated rings. The minimum atomic E-state index is -1.53. The summed E-state index contributed by atoms with van der Waals surface area (Å²) < 4.78 is 17.7. The van der Waals surface area contributed by atoms with E-state index >= 15 is 0 Å². The molecular formula is C38H46N6O9S. The maximum atomic E-state index is 14.5. The molecule has 3 heterocycles. The number of nitrogens with zero attached hydrogens (tertiary/aromatic N) is 3. The van der Waals surface area contributed by atoms with Crippen LogP contribution < -0.4 is 25.4 Å². The molecule has 0 bridgehead atoms. The van der Waals surface area contributed by atoms with E-state index in [2.05, 4.69) is 27.5 Å². The standard InChI is InChI=1S/C38H46N6O9S/c1-7-21-17-38(21,34(48)49)43-32(46)29-15-24(18-44(29)33(47)31(37(3,4)5)42-36(50)53-22-10-8-9-11-22)52-30-16-27(28-19-54-35(41-28)39-20(2)45)40-26-14-23(51-6)12-13-25(26)30/h7,12-14,16,19,21-22,24,29,31H,1,8-11,15,17-18H2,2-6H3,(H,42,50)(H,43,46)(H,48,49)(H,39,41,45)/t21-,24-,29+,31-,38-/m1/s1. The molecule has 5 atom stereocenters. The summed E-state index contributed by atoms with van der Waals surface area (Å²) in [4.78, 5) is 76.3. The molecule has 0 radical (unpaired) electrons. The summed E-state index contributed by atoms with van der Waals surface area (Å²) in [6.07, 6.45) is 3.43. The summed E-state index contributed by atoms with van der Waals surface area (Å²) in [5.41, 5.74) is -0.858. The topological polar surface area (TPSA) is 198 Å². The Kier molecular flexibility index (Phi) is 10.9. The number of alkyl carbamates (subject to hydrolysis) is 1. The van der Waals surface area contributed by atoms with Gasteiger partial charge in [-0.2, -0.15) is 0 Å². The normalized spacial score (nSPS) is 23.0. The zero-order valence-corrected chi connectivity index (χ0v) is 31.8. The number of thiazole rings is 1. The van der Waals surface area contributed by atoms with E-state index in [1.807, 2.05) is 0 Å². The summed E-state index contributed by atoms with van der Waals surface area (Å²) in [6.45, 7) is 10.5. The van der Waals surface area contributed by atoms with Gasteiger partial charge < -0.3 is 40.2 Å². The lowest BCUT2D eigenvalue weighted by molar-refractivity contribution is -0.146. The predicted molar refractivity (Wildman–Crippen MR) is 200 cm³/mol. The van der Waals surface area contributed by atoms with Gasteiger partial charge in [0.1, 0.15) is 47.0 Å². The molecule has 0 unspecified atom stereocenters. The SMILES string of the molecule is C=C[C@@H]1C[C@]1(NC(=O)[C@@H]1C[C@@H](Oc2cc(-c3csc(NC(C)=O)n3)nc3cc(OC)ccc23)CN1C(=O)[C@@H](NC(=O)OC1CCCC1)C(C)(C)C)C(=O)O. The number of benzene rings is 1. The average molecular weight is 763 g/mol. The van der Waals surface area contributed by atoms with Crippen LogP contribution >= 0.6 is 11.3 Å². The summed E-state index contributed by atoms with van der Waals surface area (Å²) in [5.74, 6) is -2.16. The lowest BCUT2D eigenvalue weighted by Gasteiger charge is -2.35. The number of aliphatic carboxylic acids is 1. The van der Waals surface area contributed by atoms with Gasteiger partial charge in [0.05, 0.1) is 24.9 Å². The van der Waals surface area contributed by atoms with Crippen LogP contribution in [0.15, 0.2) is 42.3 Å². The Morgan fingerprint density at radius 2 is 1.83 bits per heavy atom. The lowest BCUT2D eigenvalue weighted by Crippen LogP contribution is -2.59. The van der Waals surface area contributed by atoms with Gasteiger partial charge in [0, 0.05) is 42.2 Å². The van der Waals surface area contributed by atoms with Gasteiger partial charge in [0.25, 0.3) is 0 Å². The van der Waals surface area contributed by atoms with E-state index in [-0.39, 0.29) is 31.4 Å². The molecule has 16 heteroatoms. The van der Waals surface area contributed by atoms with Crippen molar-refractivity contribution in [3.8, 4) is 22.9 Å². The number of carboxylic acid groups (broad SMARTS) is 1. The van der Waals surface area contributed by atoms with Gasteiger partial charge in [-0.25, -0.2) is 19.6 Å². The molecule has 1 aromatic carbocycles. The number of hydrogen-bond donors (Lipinski definition) is 4. The molecule has 2 saturated carbocycles. The number of anilines is 1. The first-order valence-corrected chi connectivity index (χ1v) is 18.8. The van der Waals surface area contributed by atoms with Crippen LogP contribution in [0.2, 0.25) is 0 Å². The Morgan fingerprint density at radius 3 is 2.46 bits per heavy atom. The molecule has 0 spiro atoms. The van der Waals surface area contributed by atoms with Crippen molar-refractivity contribution in [1.82, 2.24) is 25.5 Å². The largest absolute Gasteiger partial charge is 0.497 e. The minimum Gasteiger partial charge on any atom is -0.497 e. The molecule has 2 aliphatic carbocycles. The van der Waals surface area contributed by atoms with Crippen LogP contribution in [-0.4, -0.2) is 93.2 Å². The molecule has 15 nitrogen and oxygen atoms in total. The van der Waals surface area contributed by atoms with Gasteiger partial charge in [-0.05, 0) is 49.7 Å². The van der Waals surface area contributed by atoms with Crippen LogP contribution in [0.25, 0.3) is 22.3 Å². The first kappa shape index (κ1) is 38.5. The maximum Gasteiger partial charge on any atom is 0.408 e. The monoisotopic (exact) mass is 762 g/mol. The van der Waals surface area contributed by atoms with Crippen molar-refractivity contribution in [3.63, 3.8) is 0 Å². The molecule has 288 valence electrons. The number of ether oxygens (including phenoxy) is 3. The van der Waals surface area contributed by atoms with Crippen LogP contribution in [0.1, 0.15) is 66.2 Å². The van der Waals surface area contributed by atoms with Crippen LogP contribution in [0.3, 0.4) is 0 Å². The van der Waals surface area contributed by atoms with Gasteiger partial charge in [0.15, 0.2) is 5.13 Å². The van der Waals surface area contributed by atoms with E-state index in [1.165, 1.54) is 29.2 Å². The molecule has 1 saturated heterocycles. The number of rotatable bonds is 12. The molecule has 3 aromatic rings. The fourth-order valence-corrected chi connectivity index (χ4v) is 7.88. The Morgan fingerprint density at radius 1 is 1.09 bits per heavy atom. The second kappa shape index (κ2) is 15.2. The molecule has 4 amide bonds. The highest BCUT2D eigenvalue weighted by atomic mass is 32.1. The number of methoxy groups -OCH3 is 1. The van der Waals surface area contributed by atoms with E-state index < -0.39 is 58.9 Å². The van der Waals surface area contributed by atoms with Crippen LogP contribution in [-0.2, 0) is 23.9 Å². The number of carbonyl (C=O) groups is 5. The molecule has 4 N–H and O–H groups in total. The van der Waals surface area contributed by atoms with Crippen molar-refractivity contribution >= 4 is 57.2 Å². The number of nitrogens with one attached hydrogen (secondary N) is 3. The van der Waals surface area contributed by atoms with Crippen molar-refractivity contribution in [1.29, 1.82) is 0 Å². The molecule has 6 rings (SSSR count). The number of fused-ring (bicyclic) bond motifs is 1. The van der Waals surface area contributed by atoms with Crippen molar-refractivity contribution in [2.24, 2.45) is 11.3 Å². The number of carboxylic acids is 1. The van der Waals surface area contributed by atoms with Gasteiger partial charge in [-0.15, -0.1) is 17.9 Å². The van der Waals surface area contributed by atoms with E-state index in [1.54, 1.807) is 57.5 Å². The summed E-state index contributed by atoms with van der Waals surface area (Å²) in [6, 6.07) is 4.79. The molecule has 2 aromatic heterocycles. The Bertz CT molecular complexity index is 1970. The maximum absolute atomic E-state index is 14.5. The van der Waals surface area contributed by atoms with Crippen molar-refractivity contribution in [3.05, 3.63) is 42.3 Å². The fourth-order valence-electron chi connectivity index (χ4n) is 7.13. The summed E-state index contributed by atoms with van der Waals surface area (Å²) >= 11 is 1.24. The van der Waals surface area contributed by atoms with E-state index in [0.717, 1.165) is 25.7 Å². The smallest absolute Gasteiger partial charge is 0.408 e. The molecule has 3 aliphatic rings. The highest BCUT2D eigenvalue weighted by molar-refractivity contribution is 7.14. The van der Waals surface area contributed by atoms with Crippen molar-refractivity contribution < 1.29 is 43.3 Å². The fraction of sp³-hybridized carbons (Fsp3) is 0.500. The zero-order chi connectivity index (χ0) is 38.9. The third kappa shape index (κ3) is 8.12. The molecule has 1 aliphatic heterocycles. The summed E-state index contributed by atoms with van der Waals surface area (Å²) in [7, 11) is 1.54. The number of pyridine rings is 1. The Labute approximate surface area is 316 Å². The third-order valence-corrected chi connectivity index (χ3v) is 10.9. The van der Waals surface area contributed by atoms with Gasteiger partial charge >= 0.3 is 12.1 Å². The first-order valence-electron chi connectivity index (χ1n) is 18.0. The second-order valence-electron chi connectivity index (χ2n) is 15.2. The number of hydrogen-bond acceptors (Lipinski definition) is 11.